The number of halogens is 1. The largest absolute Gasteiger partial charge is 0.469 e. The Morgan fingerprint density at radius 3 is 2.69 bits per heavy atom. The third-order valence-corrected chi connectivity index (χ3v) is 6.99. The van der Waals surface area contributed by atoms with Gasteiger partial charge in [0.25, 0.3) is 0 Å². The third kappa shape index (κ3) is 4.86. The van der Waals surface area contributed by atoms with Gasteiger partial charge >= 0.3 is 5.97 Å². The normalized spacial score (nSPS) is 26.9. The molecule has 0 amide bonds. The lowest BCUT2D eigenvalue weighted by molar-refractivity contribution is -0.140. The Kier molecular flexibility index (Phi) is 7.21. The maximum absolute atomic E-state index is 13.6. The molecular formula is C28H31FO3. The van der Waals surface area contributed by atoms with E-state index in [-0.39, 0.29) is 23.3 Å². The summed E-state index contributed by atoms with van der Waals surface area (Å²) >= 11 is 0. The van der Waals surface area contributed by atoms with Gasteiger partial charge in [-0.1, -0.05) is 66.8 Å². The third-order valence-electron chi connectivity index (χ3n) is 6.99. The summed E-state index contributed by atoms with van der Waals surface area (Å²) < 4.78 is 24.6. The zero-order valence-corrected chi connectivity index (χ0v) is 18.6. The van der Waals surface area contributed by atoms with Crippen LogP contribution in [-0.2, 0) is 19.7 Å². The molecule has 0 spiro atoms. The highest BCUT2D eigenvalue weighted by atomic mass is 19.1. The smallest absolute Gasteiger partial charge is 0.305 e. The molecule has 4 atom stereocenters. The summed E-state index contributed by atoms with van der Waals surface area (Å²) in [6, 6.07) is 17.3. The number of hydrogen-bond donors (Lipinski definition) is 0. The summed E-state index contributed by atoms with van der Waals surface area (Å²) in [5.74, 6) is 0.309. The van der Waals surface area contributed by atoms with Crippen molar-refractivity contribution in [2.24, 2.45) is 11.8 Å². The first-order valence-corrected chi connectivity index (χ1v) is 11.4. The summed E-state index contributed by atoms with van der Waals surface area (Å²) in [5.41, 5.74) is 2.25. The average molecular weight is 435 g/mol. The van der Waals surface area contributed by atoms with E-state index < -0.39 is 0 Å². The Bertz CT molecular complexity index is 950. The molecule has 3 nitrogen and oxygen atoms in total. The predicted octanol–water partition coefficient (Wildman–Crippen LogP) is 6.10. The molecule has 1 aliphatic carbocycles. The van der Waals surface area contributed by atoms with Gasteiger partial charge in [0.2, 0.25) is 0 Å². The summed E-state index contributed by atoms with van der Waals surface area (Å²) in [5, 5.41) is 0. The molecule has 1 saturated heterocycles. The lowest BCUT2D eigenvalue weighted by Crippen LogP contribution is -2.39. The minimum Gasteiger partial charge on any atom is -0.469 e. The molecule has 0 radical (unpaired) electrons. The van der Waals surface area contributed by atoms with Gasteiger partial charge in [0, 0.05) is 17.8 Å². The summed E-state index contributed by atoms with van der Waals surface area (Å²) in [6.07, 6.45) is 13.1. The Morgan fingerprint density at radius 2 is 1.94 bits per heavy atom. The number of unbranched alkanes of at least 4 members (excludes halogenated alkanes) is 1. The number of allylic oxidation sites excluding steroid dienone is 2. The van der Waals surface area contributed by atoms with Gasteiger partial charge in [-0.15, -0.1) is 0 Å². The van der Waals surface area contributed by atoms with Crippen LogP contribution in [-0.4, -0.2) is 25.8 Å². The number of benzene rings is 2. The summed E-state index contributed by atoms with van der Waals surface area (Å²) in [6.45, 7) is 0.680. The molecule has 2 aromatic rings. The maximum atomic E-state index is 13.6. The fourth-order valence-electron chi connectivity index (χ4n) is 5.32. The zero-order chi connectivity index (χ0) is 22.4. The van der Waals surface area contributed by atoms with Gasteiger partial charge in [0.15, 0.2) is 0 Å². The van der Waals surface area contributed by atoms with Crippen LogP contribution in [0.5, 0.6) is 0 Å². The molecule has 0 N–H and O–H groups in total. The SMILES string of the molecule is COC(=O)CCCC=CC[C@H]1[C@H](C=Cc2ccccc2)[C@@H]2C[C@@]1(c1ccc(F)cc1)CO2. The van der Waals surface area contributed by atoms with Crippen LogP contribution < -0.4 is 0 Å². The van der Waals surface area contributed by atoms with E-state index in [4.69, 9.17) is 9.47 Å². The van der Waals surface area contributed by atoms with E-state index in [2.05, 4.69) is 36.4 Å². The second-order valence-electron chi connectivity index (χ2n) is 8.85. The van der Waals surface area contributed by atoms with Gasteiger partial charge in [-0.3, -0.25) is 4.79 Å². The first kappa shape index (κ1) is 22.5. The van der Waals surface area contributed by atoms with Gasteiger partial charge in [-0.05, 0) is 54.9 Å². The Morgan fingerprint density at radius 1 is 1.16 bits per heavy atom. The highest BCUT2D eigenvalue weighted by Crippen LogP contribution is 2.57. The van der Waals surface area contributed by atoms with Crippen LogP contribution in [0.3, 0.4) is 0 Å². The van der Waals surface area contributed by atoms with Crippen LogP contribution in [0.2, 0.25) is 0 Å². The molecule has 4 heteroatoms. The number of carbonyl (C=O) groups is 1. The van der Waals surface area contributed by atoms with Crippen molar-refractivity contribution in [1.82, 2.24) is 0 Å². The molecule has 1 heterocycles. The fourth-order valence-corrected chi connectivity index (χ4v) is 5.32. The number of methoxy groups -OCH3 is 1. The topological polar surface area (TPSA) is 35.5 Å². The van der Waals surface area contributed by atoms with Gasteiger partial charge in [-0.2, -0.15) is 0 Å². The van der Waals surface area contributed by atoms with Crippen molar-refractivity contribution in [3.8, 4) is 0 Å². The molecule has 2 bridgehead atoms. The van der Waals surface area contributed by atoms with E-state index in [9.17, 15) is 9.18 Å². The van der Waals surface area contributed by atoms with Crippen LogP contribution in [0.15, 0.2) is 72.8 Å². The minimum absolute atomic E-state index is 0.0968. The molecule has 2 aromatic carbocycles. The van der Waals surface area contributed by atoms with E-state index in [1.807, 2.05) is 30.3 Å². The van der Waals surface area contributed by atoms with Crippen LogP contribution in [0, 0.1) is 17.7 Å². The first-order valence-electron chi connectivity index (χ1n) is 11.4. The fraction of sp³-hybridized carbons (Fsp3) is 0.393. The number of fused-ring (bicyclic) bond motifs is 2. The summed E-state index contributed by atoms with van der Waals surface area (Å²) in [4.78, 5) is 11.3. The van der Waals surface area contributed by atoms with E-state index in [1.165, 1.54) is 18.2 Å². The summed E-state index contributed by atoms with van der Waals surface area (Å²) in [7, 11) is 1.42. The van der Waals surface area contributed by atoms with Crippen molar-refractivity contribution in [2.75, 3.05) is 13.7 Å². The van der Waals surface area contributed by atoms with E-state index in [1.54, 1.807) is 12.1 Å². The van der Waals surface area contributed by atoms with Gasteiger partial charge in [0.05, 0.1) is 19.8 Å². The second kappa shape index (κ2) is 10.3. The van der Waals surface area contributed by atoms with Crippen LogP contribution in [0.25, 0.3) is 6.08 Å². The zero-order valence-electron chi connectivity index (χ0n) is 18.6. The van der Waals surface area contributed by atoms with Crippen molar-refractivity contribution in [3.63, 3.8) is 0 Å². The monoisotopic (exact) mass is 434 g/mol. The van der Waals surface area contributed by atoms with Crippen molar-refractivity contribution < 1.29 is 18.7 Å². The minimum atomic E-state index is -0.207. The standard InChI is InChI=1S/C28H31FO3/c1-31-27(30)12-8-3-2-7-11-25-24(18-13-21-9-5-4-6-10-21)26-19-28(25,20-32-26)22-14-16-23(29)17-15-22/h2,4-7,9-10,13-18,24-26H,3,8,11-12,19-20H2,1H3/t24-,25-,26-,28-/m0/s1. The number of esters is 1. The molecule has 1 aliphatic heterocycles. The van der Waals surface area contributed by atoms with E-state index >= 15 is 0 Å². The number of carbonyl (C=O) groups excluding carboxylic acids is 1. The number of hydrogen-bond acceptors (Lipinski definition) is 3. The average Bonchev–Trinajstić information content (AvgIpc) is 3.39. The molecule has 32 heavy (non-hydrogen) atoms. The van der Waals surface area contributed by atoms with Gasteiger partial charge in [0.1, 0.15) is 5.82 Å². The predicted molar refractivity (Wildman–Crippen MR) is 125 cm³/mol. The Balaban J connectivity index is 1.52. The molecule has 0 unspecified atom stereocenters. The van der Waals surface area contributed by atoms with Crippen LogP contribution >= 0.6 is 0 Å². The molecule has 2 fully saturated rings. The van der Waals surface area contributed by atoms with Crippen molar-refractivity contribution >= 4 is 12.0 Å². The highest BCUT2D eigenvalue weighted by Gasteiger charge is 2.58. The quantitative estimate of drug-likeness (QED) is 0.272. The van der Waals surface area contributed by atoms with E-state index in [0.29, 0.717) is 24.9 Å². The maximum Gasteiger partial charge on any atom is 0.305 e. The van der Waals surface area contributed by atoms with E-state index in [0.717, 1.165) is 25.7 Å². The number of ether oxygens (including phenoxy) is 2. The molecule has 4 rings (SSSR count). The first-order chi connectivity index (χ1) is 15.6. The lowest BCUT2D eigenvalue weighted by atomic mass is 9.69. The van der Waals surface area contributed by atoms with Crippen molar-refractivity contribution in [1.29, 1.82) is 0 Å². The molecule has 168 valence electrons. The Labute approximate surface area is 189 Å². The van der Waals surface area contributed by atoms with Crippen molar-refractivity contribution in [2.45, 2.75) is 43.6 Å². The lowest BCUT2D eigenvalue weighted by Gasteiger charge is -2.38. The van der Waals surface area contributed by atoms with Crippen LogP contribution in [0.4, 0.5) is 4.39 Å². The second-order valence-corrected chi connectivity index (χ2v) is 8.85. The number of rotatable bonds is 9. The molecule has 0 aromatic heterocycles. The highest BCUT2D eigenvalue weighted by molar-refractivity contribution is 5.69. The van der Waals surface area contributed by atoms with Gasteiger partial charge < -0.3 is 9.47 Å². The van der Waals surface area contributed by atoms with Crippen molar-refractivity contribution in [3.05, 3.63) is 89.8 Å². The molecule has 2 aliphatic rings. The Hall–Kier alpha value is -2.72. The molecule has 1 saturated carbocycles. The van der Waals surface area contributed by atoms with Gasteiger partial charge in [-0.25, -0.2) is 4.39 Å². The van der Waals surface area contributed by atoms with Crippen LogP contribution in [0.1, 0.15) is 43.2 Å². The molecular weight excluding hydrogens is 403 g/mol.